The summed E-state index contributed by atoms with van der Waals surface area (Å²) in [6.45, 7) is 0. The van der Waals surface area contributed by atoms with E-state index in [-0.39, 0.29) is 0 Å². The Hall–Kier alpha value is -2.53. The molecule has 1 aromatic carbocycles. The van der Waals surface area contributed by atoms with Crippen LogP contribution in [0, 0.1) is 5.95 Å². The molecule has 0 spiro atoms. The van der Waals surface area contributed by atoms with Crippen LogP contribution in [0.5, 0.6) is 0 Å². The summed E-state index contributed by atoms with van der Waals surface area (Å²) in [5, 5.41) is 3.63. The van der Waals surface area contributed by atoms with Gasteiger partial charge in [-0.05, 0) is 36.4 Å². The highest BCUT2D eigenvalue weighted by atomic mass is 35.5. The summed E-state index contributed by atoms with van der Waals surface area (Å²) in [7, 11) is 0. The van der Waals surface area contributed by atoms with Crippen LogP contribution in [0.15, 0.2) is 54.9 Å². The van der Waals surface area contributed by atoms with Crippen molar-refractivity contribution in [2.75, 3.05) is 5.32 Å². The Balaban J connectivity index is 1.92. The van der Waals surface area contributed by atoms with E-state index in [1.54, 1.807) is 36.5 Å². The number of anilines is 2. The van der Waals surface area contributed by atoms with E-state index in [1.807, 2.05) is 12.1 Å². The first kappa shape index (κ1) is 13.5. The monoisotopic (exact) mass is 300 g/mol. The number of nitrogens with zero attached hydrogens (tertiary/aromatic N) is 3. The number of benzene rings is 1. The van der Waals surface area contributed by atoms with Gasteiger partial charge in [-0.25, -0.2) is 15.0 Å². The molecule has 4 nitrogen and oxygen atoms in total. The molecule has 0 bridgehead atoms. The van der Waals surface area contributed by atoms with Crippen LogP contribution in [0.4, 0.5) is 16.0 Å². The van der Waals surface area contributed by atoms with E-state index >= 15 is 0 Å². The number of nitrogens with one attached hydrogen (secondary N) is 1. The third kappa shape index (κ3) is 3.14. The van der Waals surface area contributed by atoms with Crippen molar-refractivity contribution >= 4 is 23.2 Å². The second kappa shape index (κ2) is 5.85. The number of pyridine rings is 1. The van der Waals surface area contributed by atoms with Crippen molar-refractivity contribution in [3.8, 4) is 11.3 Å². The van der Waals surface area contributed by atoms with Gasteiger partial charge in [0, 0.05) is 23.1 Å². The molecule has 104 valence electrons. The van der Waals surface area contributed by atoms with Gasteiger partial charge in [0.2, 0.25) is 11.9 Å². The topological polar surface area (TPSA) is 50.7 Å². The van der Waals surface area contributed by atoms with Crippen molar-refractivity contribution in [1.82, 2.24) is 15.0 Å². The lowest BCUT2D eigenvalue weighted by atomic mass is 10.2. The summed E-state index contributed by atoms with van der Waals surface area (Å²) < 4.78 is 13.7. The molecule has 1 N–H and O–H groups in total. The number of rotatable bonds is 3. The van der Waals surface area contributed by atoms with E-state index in [0.29, 0.717) is 22.2 Å². The van der Waals surface area contributed by atoms with Crippen LogP contribution in [-0.2, 0) is 0 Å². The Bertz CT molecular complexity index is 779. The lowest BCUT2D eigenvalue weighted by Crippen LogP contribution is -1.99. The average molecular weight is 301 g/mol. The first-order valence-electron chi connectivity index (χ1n) is 6.19. The maximum Gasteiger partial charge on any atom is 0.227 e. The van der Waals surface area contributed by atoms with E-state index in [4.69, 9.17) is 11.6 Å². The van der Waals surface area contributed by atoms with Crippen molar-refractivity contribution < 1.29 is 4.39 Å². The molecule has 0 aliphatic rings. The SMILES string of the molecule is Fc1ncccc1-c1ccnc(Nc2cccc(Cl)c2)n1. The smallest absolute Gasteiger partial charge is 0.227 e. The average Bonchev–Trinajstić information content (AvgIpc) is 2.48. The highest BCUT2D eigenvalue weighted by Gasteiger charge is 2.08. The summed E-state index contributed by atoms with van der Waals surface area (Å²) in [4.78, 5) is 12.0. The summed E-state index contributed by atoms with van der Waals surface area (Å²) in [5.74, 6) is -0.206. The number of aromatic nitrogens is 3. The molecule has 3 rings (SSSR count). The molecule has 0 aliphatic carbocycles. The van der Waals surface area contributed by atoms with Crippen LogP contribution in [0.25, 0.3) is 11.3 Å². The van der Waals surface area contributed by atoms with Crippen molar-refractivity contribution in [3.63, 3.8) is 0 Å². The molecule has 21 heavy (non-hydrogen) atoms. The first-order chi connectivity index (χ1) is 10.2. The first-order valence-corrected chi connectivity index (χ1v) is 6.57. The molecule has 0 radical (unpaired) electrons. The van der Waals surface area contributed by atoms with Gasteiger partial charge in [0.05, 0.1) is 11.3 Å². The minimum atomic E-state index is -0.565. The van der Waals surface area contributed by atoms with E-state index in [2.05, 4.69) is 20.3 Å². The number of hydrogen-bond acceptors (Lipinski definition) is 4. The van der Waals surface area contributed by atoms with Gasteiger partial charge in [0.25, 0.3) is 0 Å². The molecule has 6 heteroatoms. The third-order valence-electron chi connectivity index (χ3n) is 2.77. The molecule has 3 aromatic rings. The van der Waals surface area contributed by atoms with Gasteiger partial charge >= 0.3 is 0 Å². The quantitative estimate of drug-likeness (QED) is 0.741. The van der Waals surface area contributed by atoms with Gasteiger partial charge in [0.15, 0.2) is 0 Å². The molecule has 0 fully saturated rings. The molecule has 2 heterocycles. The van der Waals surface area contributed by atoms with Crippen molar-refractivity contribution in [2.45, 2.75) is 0 Å². The zero-order valence-corrected chi connectivity index (χ0v) is 11.5. The van der Waals surface area contributed by atoms with Crippen LogP contribution in [0.2, 0.25) is 5.02 Å². The van der Waals surface area contributed by atoms with Crippen LogP contribution in [0.1, 0.15) is 0 Å². The summed E-state index contributed by atoms with van der Waals surface area (Å²) >= 11 is 5.92. The van der Waals surface area contributed by atoms with Gasteiger partial charge in [0.1, 0.15) is 0 Å². The third-order valence-corrected chi connectivity index (χ3v) is 3.01. The van der Waals surface area contributed by atoms with Crippen LogP contribution in [-0.4, -0.2) is 15.0 Å². The lowest BCUT2D eigenvalue weighted by molar-refractivity contribution is 0.587. The highest BCUT2D eigenvalue weighted by molar-refractivity contribution is 6.30. The fraction of sp³-hybridized carbons (Fsp3) is 0. The molecule has 0 aliphatic heterocycles. The van der Waals surface area contributed by atoms with Crippen molar-refractivity contribution in [2.24, 2.45) is 0 Å². The molecule has 0 saturated carbocycles. The highest BCUT2D eigenvalue weighted by Crippen LogP contribution is 2.22. The Morgan fingerprint density at radius 3 is 2.71 bits per heavy atom. The maximum atomic E-state index is 13.7. The van der Waals surface area contributed by atoms with Gasteiger partial charge in [-0.3, -0.25) is 0 Å². The van der Waals surface area contributed by atoms with Gasteiger partial charge < -0.3 is 5.32 Å². The molecule has 0 saturated heterocycles. The second-order valence-corrected chi connectivity index (χ2v) is 4.68. The number of hydrogen-bond donors (Lipinski definition) is 1. The van der Waals surface area contributed by atoms with Crippen LogP contribution in [0.3, 0.4) is 0 Å². The van der Waals surface area contributed by atoms with Crippen LogP contribution < -0.4 is 5.32 Å². The molecule has 0 amide bonds. The normalized spacial score (nSPS) is 10.4. The summed E-state index contributed by atoms with van der Waals surface area (Å²) in [6.07, 6.45) is 2.95. The fourth-order valence-corrected chi connectivity index (χ4v) is 2.03. The zero-order chi connectivity index (χ0) is 14.7. The Morgan fingerprint density at radius 1 is 1.00 bits per heavy atom. The van der Waals surface area contributed by atoms with Gasteiger partial charge in [-0.2, -0.15) is 4.39 Å². The number of halogens is 2. The van der Waals surface area contributed by atoms with E-state index in [9.17, 15) is 4.39 Å². The Kier molecular flexibility index (Phi) is 3.75. The lowest BCUT2D eigenvalue weighted by Gasteiger charge is -2.07. The summed E-state index contributed by atoms with van der Waals surface area (Å²) in [5.41, 5.74) is 1.54. The van der Waals surface area contributed by atoms with Crippen molar-refractivity contribution in [3.05, 3.63) is 65.8 Å². The minimum absolute atomic E-state index is 0.328. The molecular weight excluding hydrogens is 291 g/mol. The molecule has 0 atom stereocenters. The molecule has 0 unspecified atom stereocenters. The van der Waals surface area contributed by atoms with Gasteiger partial charge in [-0.1, -0.05) is 17.7 Å². The largest absolute Gasteiger partial charge is 0.324 e. The standard InChI is InChI=1S/C15H10ClFN4/c16-10-3-1-4-11(9-10)20-15-19-8-6-13(21-15)12-5-2-7-18-14(12)17/h1-9H,(H,19,20,21). The van der Waals surface area contributed by atoms with E-state index < -0.39 is 5.95 Å². The van der Waals surface area contributed by atoms with Gasteiger partial charge in [-0.15, -0.1) is 0 Å². The van der Waals surface area contributed by atoms with Crippen molar-refractivity contribution in [1.29, 1.82) is 0 Å². The summed E-state index contributed by atoms with van der Waals surface area (Å²) in [6, 6.07) is 12.1. The molecular formula is C15H10ClFN4. The Labute approximate surface area is 125 Å². The van der Waals surface area contributed by atoms with Crippen LogP contribution >= 0.6 is 11.6 Å². The second-order valence-electron chi connectivity index (χ2n) is 4.24. The zero-order valence-electron chi connectivity index (χ0n) is 10.8. The van der Waals surface area contributed by atoms with E-state index in [0.717, 1.165) is 5.69 Å². The Morgan fingerprint density at radius 2 is 1.90 bits per heavy atom. The van der Waals surface area contributed by atoms with E-state index in [1.165, 1.54) is 6.20 Å². The predicted octanol–water partition coefficient (Wildman–Crippen LogP) is 4.07. The fourth-order valence-electron chi connectivity index (χ4n) is 1.84. The minimum Gasteiger partial charge on any atom is -0.324 e. The maximum absolute atomic E-state index is 13.7. The molecule has 2 aromatic heterocycles. The predicted molar refractivity (Wildman–Crippen MR) is 80.0 cm³/mol.